The molecule has 3 rings (SSSR count). The molecule has 1 aromatic heterocycles. The minimum Gasteiger partial charge on any atom is -0.408 e. The Morgan fingerprint density at radius 1 is 1.29 bits per heavy atom. The van der Waals surface area contributed by atoms with Crippen molar-refractivity contribution in [3.63, 3.8) is 0 Å². The van der Waals surface area contributed by atoms with Gasteiger partial charge in [0.25, 0.3) is 0 Å². The maximum Gasteiger partial charge on any atom is 0.417 e. The molecule has 0 amide bonds. The second-order valence-electron chi connectivity index (χ2n) is 4.87. The molecule has 21 heavy (non-hydrogen) atoms. The van der Waals surface area contributed by atoms with E-state index >= 15 is 0 Å². The zero-order valence-electron chi connectivity index (χ0n) is 11.3. The predicted octanol–water partition coefficient (Wildman–Crippen LogP) is 3.53. The number of benzene rings is 2. The summed E-state index contributed by atoms with van der Waals surface area (Å²) in [7, 11) is 0. The number of aromatic nitrogens is 1. The molecule has 2 aromatic carbocycles. The summed E-state index contributed by atoms with van der Waals surface area (Å²) >= 11 is 5.88. The van der Waals surface area contributed by atoms with Crippen molar-refractivity contribution in [2.45, 2.75) is 13.0 Å². The number of nitrogen functional groups attached to an aromatic ring is 1. The van der Waals surface area contributed by atoms with Crippen LogP contribution in [0.15, 0.2) is 45.6 Å². The number of rotatable bonds is 3. The molecule has 0 fully saturated rings. The van der Waals surface area contributed by atoms with Crippen molar-refractivity contribution in [1.82, 2.24) is 4.98 Å². The second-order valence-corrected chi connectivity index (χ2v) is 5.30. The number of nitrogens with two attached hydrogens (primary N) is 1. The summed E-state index contributed by atoms with van der Waals surface area (Å²) in [5.74, 6) is -0.493. The third-order valence-electron chi connectivity index (χ3n) is 3.33. The summed E-state index contributed by atoms with van der Waals surface area (Å²) in [6.45, 7) is 2.02. The summed E-state index contributed by atoms with van der Waals surface area (Å²) in [6, 6.07) is 11.0. The molecule has 5 nitrogen and oxygen atoms in total. The van der Waals surface area contributed by atoms with Gasteiger partial charge in [0.2, 0.25) is 0 Å². The topological polar surface area (TPSA) is 84.0 Å². The van der Waals surface area contributed by atoms with Crippen LogP contribution >= 0.6 is 11.6 Å². The number of H-pyrrole nitrogens is 1. The Morgan fingerprint density at radius 2 is 2.00 bits per heavy atom. The van der Waals surface area contributed by atoms with Crippen LogP contribution in [0.4, 0.5) is 11.4 Å². The average molecular weight is 304 g/mol. The molecule has 0 aliphatic heterocycles. The highest BCUT2D eigenvalue weighted by Gasteiger charge is 2.10. The zero-order chi connectivity index (χ0) is 15.0. The molecule has 0 aliphatic rings. The van der Waals surface area contributed by atoms with Crippen LogP contribution in [0.5, 0.6) is 0 Å². The predicted molar refractivity (Wildman–Crippen MR) is 84.7 cm³/mol. The lowest BCUT2D eigenvalue weighted by Gasteiger charge is -2.17. The fourth-order valence-corrected chi connectivity index (χ4v) is 2.33. The average Bonchev–Trinajstić information content (AvgIpc) is 2.79. The summed E-state index contributed by atoms with van der Waals surface area (Å²) in [5, 5.41) is 4.01. The van der Waals surface area contributed by atoms with Crippen LogP contribution in [-0.4, -0.2) is 4.98 Å². The SMILES string of the molecule is CC(Nc1cc2[nH]c(=O)oc2cc1N)c1ccc(Cl)cc1. The first-order chi connectivity index (χ1) is 10.0. The number of oxazole rings is 1. The van der Waals surface area contributed by atoms with E-state index in [-0.39, 0.29) is 6.04 Å². The number of aromatic amines is 1. The van der Waals surface area contributed by atoms with Crippen molar-refractivity contribution >= 4 is 34.1 Å². The molecule has 0 spiro atoms. The number of fused-ring (bicyclic) bond motifs is 1. The van der Waals surface area contributed by atoms with Crippen LogP contribution < -0.4 is 16.8 Å². The molecular weight excluding hydrogens is 290 g/mol. The standard InChI is InChI=1S/C15H14ClN3O2/c1-8(9-2-4-10(16)5-3-9)18-12-7-13-14(6-11(12)17)21-15(20)19-13/h2-8,18H,17H2,1H3,(H,19,20). The number of anilines is 2. The van der Waals surface area contributed by atoms with E-state index in [0.717, 1.165) is 11.3 Å². The molecule has 1 atom stereocenters. The molecule has 108 valence electrons. The zero-order valence-corrected chi connectivity index (χ0v) is 12.1. The normalized spacial score (nSPS) is 12.5. The molecule has 3 aromatic rings. The highest BCUT2D eigenvalue weighted by Crippen LogP contribution is 2.28. The van der Waals surface area contributed by atoms with E-state index in [1.807, 2.05) is 31.2 Å². The van der Waals surface area contributed by atoms with Crippen molar-refractivity contribution in [2.24, 2.45) is 0 Å². The van der Waals surface area contributed by atoms with Crippen LogP contribution in [0.2, 0.25) is 5.02 Å². The first-order valence-corrected chi connectivity index (χ1v) is 6.85. The summed E-state index contributed by atoms with van der Waals surface area (Å²) < 4.78 is 4.97. The molecule has 0 saturated heterocycles. The van der Waals surface area contributed by atoms with Gasteiger partial charge in [0.15, 0.2) is 5.58 Å². The smallest absolute Gasteiger partial charge is 0.408 e. The minimum atomic E-state index is -0.493. The Hall–Kier alpha value is -2.40. The van der Waals surface area contributed by atoms with Crippen molar-refractivity contribution in [3.8, 4) is 0 Å². The van der Waals surface area contributed by atoms with Crippen molar-refractivity contribution in [1.29, 1.82) is 0 Å². The molecule has 1 unspecified atom stereocenters. The van der Waals surface area contributed by atoms with Crippen molar-refractivity contribution in [2.75, 3.05) is 11.1 Å². The first-order valence-electron chi connectivity index (χ1n) is 6.47. The van der Waals surface area contributed by atoms with Crippen molar-refractivity contribution < 1.29 is 4.42 Å². The quantitative estimate of drug-likeness (QED) is 0.646. The van der Waals surface area contributed by atoms with Crippen molar-refractivity contribution in [3.05, 3.63) is 57.5 Å². The lowest BCUT2D eigenvalue weighted by atomic mass is 10.1. The molecular formula is C15H14ClN3O2. The Balaban J connectivity index is 1.91. The number of hydrogen-bond donors (Lipinski definition) is 3. The van der Waals surface area contributed by atoms with Gasteiger partial charge in [-0.1, -0.05) is 23.7 Å². The third kappa shape index (κ3) is 2.73. The van der Waals surface area contributed by atoms with Gasteiger partial charge in [-0.15, -0.1) is 0 Å². The van der Waals surface area contributed by atoms with Gasteiger partial charge in [-0.3, -0.25) is 4.98 Å². The van der Waals surface area contributed by atoms with Crippen LogP contribution in [-0.2, 0) is 0 Å². The molecule has 0 aliphatic carbocycles. The maximum absolute atomic E-state index is 11.2. The molecule has 4 N–H and O–H groups in total. The third-order valence-corrected chi connectivity index (χ3v) is 3.59. The number of nitrogens with one attached hydrogen (secondary N) is 2. The number of hydrogen-bond acceptors (Lipinski definition) is 4. The van der Waals surface area contributed by atoms with Gasteiger partial charge in [-0.05, 0) is 30.7 Å². The van der Waals surface area contributed by atoms with Gasteiger partial charge in [0.1, 0.15) is 0 Å². The summed E-state index contributed by atoms with van der Waals surface area (Å²) in [5.41, 5.74) is 9.38. The lowest BCUT2D eigenvalue weighted by molar-refractivity contribution is 0.555. The fourth-order valence-electron chi connectivity index (χ4n) is 2.21. The van der Waals surface area contributed by atoms with E-state index in [1.54, 1.807) is 12.1 Å². The first kappa shape index (κ1) is 13.6. The monoisotopic (exact) mass is 303 g/mol. The van der Waals surface area contributed by atoms with E-state index in [4.69, 9.17) is 21.8 Å². The largest absolute Gasteiger partial charge is 0.417 e. The van der Waals surface area contributed by atoms with Gasteiger partial charge < -0.3 is 15.5 Å². The van der Waals surface area contributed by atoms with Crippen LogP contribution in [0.25, 0.3) is 11.1 Å². The molecule has 0 bridgehead atoms. The van der Waals surface area contributed by atoms with Crippen LogP contribution in [0.1, 0.15) is 18.5 Å². The van der Waals surface area contributed by atoms with E-state index in [2.05, 4.69) is 10.3 Å². The minimum absolute atomic E-state index is 0.0423. The number of halogens is 1. The van der Waals surface area contributed by atoms with E-state index in [9.17, 15) is 4.79 Å². The van der Waals surface area contributed by atoms with E-state index in [1.165, 1.54) is 0 Å². The van der Waals surface area contributed by atoms with Crippen LogP contribution in [0.3, 0.4) is 0 Å². The molecule has 0 saturated carbocycles. The fraction of sp³-hybridized carbons (Fsp3) is 0.133. The van der Waals surface area contributed by atoms with Gasteiger partial charge in [-0.2, -0.15) is 0 Å². The Bertz CT molecular complexity index is 836. The van der Waals surface area contributed by atoms with Gasteiger partial charge in [0, 0.05) is 17.1 Å². The summed E-state index contributed by atoms with van der Waals surface area (Å²) in [4.78, 5) is 13.8. The Morgan fingerprint density at radius 3 is 2.71 bits per heavy atom. The summed E-state index contributed by atoms with van der Waals surface area (Å²) in [6.07, 6.45) is 0. The van der Waals surface area contributed by atoms with Gasteiger partial charge >= 0.3 is 5.76 Å². The highest BCUT2D eigenvalue weighted by atomic mass is 35.5. The maximum atomic E-state index is 11.2. The van der Waals surface area contributed by atoms with E-state index < -0.39 is 5.76 Å². The molecule has 1 heterocycles. The van der Waals surface area contributed by atoms with Gasteiger partial charge in [-0.25, -0.2) is 4.79 Å². The Kier molecular flexibility index (Phi) is 3.35. The Labute approximate surface area is 125 Å². The lowest BCUT2D eigenvalue weighted by Crippen LogP contribution is -2.08. The van der Waals surface area contributed by atoms with Gasteiger partial charge in [0.05, 0.1) is 16.9 Å². The molecule has 0 radical (unpaired) electrons. The van der Waals surface area contributed by atoms with Crippen LogP contribution in [0, 0.1) is 0 Å². The van der Waals surface area contributed by atoms with E-state index in [0.29, 0.717) is 21.8 Å². The second kappa shape index (κ2) is 5.18. The highest BCUT2D eigenvalue weighted by molar-refractivity contribution is 6.30. The molecule has 6 heteroatoms.